The average Bonchev–Trinajstić information content (AvgIpc) is 2.61. The molecular formula is C18H20N2O3. The minimum Gasteiger partial charge on any atom is -0.465 e. The van der Waals surface area contributed by atoms with E-state index >= 15 is 0 Å². The van der Waals surface area contributed by atoms with Crippen molar-refractivity contribution in [3.05, 3.63) is 65.5 Å². The fourth-order valence-corrected chi connectivity index (χ4v) is 2.31. The maximum absolute atomic E-state index is 12.8. The molecule has 1 heterocycles. The lowest BCUT2D eigenvalue weighted by Crippen LogP contribution is -2.31. The van der Waals surface area contributed by atoms with E-state index in [1.807, 2.05) is 19.1 Å². The average molecular weight is 312 g/mol. The summed E-state index contributed by atoms with van der Waals surface area (Å²) in [5, 5.41) is 0. The summed E-state index contributed by atoms with van der Waals surface area (Å²) in [5.74, 6) is -0.560. The van der Waals surface area contributed by atoms with E-state index in [-0.39, 0.29) is 5.91 Å². The number of hydrogen-bond donors (Lipinski definition) is 0. The zero-order chi connectivity index (χ0) is 16.7. The molecule has 5 nitrogen and oxygen atoms in total. The quantitative estimate of drug-likeness (QED) is 0.770. The van der Waals surface area contributed by atoms with Gasteiger partial charge in [0.1, 0.15) is 0 Å². The summed E-state index contributed by atoms with van der Waals surface area (Å²) in [6.45, 7) is 3.15. The first-order valence-electron chi connectivity index (χ1n) is 7.52. The molecule has 0 aliphatic heterocycles. The van der Waals surface area contributed by atoms with Crippen molar-refractivity contribution in [2.45, 2.75) is 19.9 Å². The Balaban J connectivity index is 2.22. The highest BCUT2D eigenvalue weighted by Gasteiger charge is 2.17. The first kappa shape index (κ1) is 16.7. The van der Waals surface area contributed by atoms with Crippen molar-refractivity contribution in [1.29, 1.82) is 0 Å². The van der Waals surface area contributed by atoms with E-state index in [1.54, 1.807) is 41.6 Å². The summed E-state index contributed by atoms with van der Waals surface area (Å²) in [5.41, 5.74) is 1.82. The van der Waals surface area contributed by atoms with Crippen LogP contribution in [0.2, 0.25) is 0 Å². The van der Waals surface area contributed by atoms with Crippen LogP contribution in [0.1, 0.15) is 39.6 Å². The van der Waals surface area contributed by atoms with Gasteiger partial charge in [0.15, 0.2) is 0 Å². The van der Waals surface area contributed by atoms with Gasteiger partial charge >= 0.3 is 5.97 Å². The first-order valence-corrected chi connectivity index (χ1v) is 7.52. The number of ether oxygens (including phenoxy) is 1. The third kappa shape index (κ3) is 4.39. The van der Waals surface area contributed by atoms with E-state index in [4.69, 9.17) is 4.74 Å². The van der Waals surface area contributed by atoms with Crippen molar-refractivity contribution in [2.75, 3.05) is 13.7 Å². The van der Waals surface area contributed by atoms with Crippen LogP contribution in [-0.4, -0.2) is 35.4 Å². The molecule has 0 aliphatic carbocycles. The molecule has 5 heteroatoms. The number of carbonyl (C=O) groups is 2. The highest BCUT2D eigenvalue weighted by Crippen LogP contribution is 2.13. The number of amides is 1. The third-order valence-electron chi connectivity index (χ3n) is 3.41. The normalized spacial score (nSPS) is 10.2. The Hall–Kier alpha value is -2.69. The van der Waals surface area contributed by atoms with Crippen LogP contribution in [0.3, 0.4) is 0 Å². The summed E-state index contributed by atoms with van der Waals surface area (Å²) in [7, 11) is 1.32. The molecule has 0 bridgehead atoms. The number of esters is 1. The fourth-order valence-electron chi connectivity index (χ4n) is 2.31. The molecule has 2 aromatic rings. The van der Waals surface area contributed by atoms with E-state index < -0.39 is 5.97 Å². The van der Waals surface area contributed by atoms with Crippen LogP contribution in [0.5, 0.6) is 0 Å². The summed E-state index contributed by atoms with van der Waals surface area (Å²) in [6, 6.07) is 10.4. The standard InChI is InChI=1S/C18H20N2O3/c1-3-10-20(13-14-6-5-9-19-12-14)17(21)15-7-4-8-16(11-15)18(22)23-2/h4-9,11-12H,3,10,13H2,1-2H3. The van der Waals surface area contributed by atoms with Crippen molar-refractivity contribution >= 4 is 11.9 Å². The van der Waals surface area contributed by atoms with E-state index in [0.29, 0.717) is 24.2 Å². The molecule has 23 heavy (non-hydrogen) atoms. The Kier molecular flexibility index (Phi) is 5.86. The molecule has 0 spiro atoms. The Labute approximate surface area is 135 Å². The van der Waals surface area contributed by atoms with Crippen molar-refractivity contribution in [1.82, 2.24) is 9.88 Å². The van der Waals surface area contributed by atoms with Gasteiger partial charge in [-0.05, 0) is 36.2 Å². The summed E-state index contributed by atoms with van der Waals surface area (Å²) in [4.78, 5) is 30.2. The molecule has 0 saturated heterocycles. The van der Waals surface area contributed by atoms with Crippen LogP contribution in [0, 0.1) is 0 Å². The predicted octanol–water partition coefficient (Wildman–Crippen LogP) is 2.92. The van der Waals surface area contributed by atoms with Crippen molar-refractivity contribution in [3.8, 4) is 0 Å². The molecule has 2 rings (SSSR count). The minimum absolute atomic E-state index is 0.110. The molecule has 0 fully saturated rings. The van der Waals surface area contributed by atoms with Gasteiger partial charge in [-0.15, -0.1) is 0 Å². The zero-order valence-electron chi connectivity index (χ0n) is 13.4. The number of methoxy groups -OCH3 is 1. The molecule has 0 atom stereocenters. The lowest BCUT2D eigenvalue weighted by Gasteiger charge is -2.22. The topological polar surface area (TPSA) is 59.5 Å². The van der Waals surface area contributed by atoms with Crippen LogP contribution in [-0.2, 0) is 11.3 Å². The molecule has 0 N–H and O–H groups in total. The number of rotatable bonds is 6. The Morgan fingerprint density at radius 1 is 1.17 bits per heavy atom. The summed E-state index contributed by atoms with van der Waals surface area (Å²) in [6.07, 6.45) is 4.30. The number of benzene rings is 1. The van der Waals surface area contributed by atoms with Gasteiger partial charge in [-0.1, -0.05) is 19.1 Å². The molecular weight excluding hydrogens is 292 g/mol. The maximum atomic E-state index is 12.8. The largest absolute Gasteiger partial charge is 0.465 e. The smallest absolute Gasteiger partial charge is 0.337 e. The fraction of sp³-hybridized carbons (Fsp3) is 0.278. The lowest BCUT2D eigenvalue weighted by molar-refractivity contribution is 0.0600. The third-order valence-corrected chi connectivity index (χ3v) is 3.41. The van der Waals surface area contributed by atoms with Gasteiger partial charge in [-0.3, -0.25) is 9.78 Å². The van der Waals surface area contributed by atoms with E-state index in [2.05, 4.69) is 4.98 Å². The van der Waals surface area contributed by atoms with Crippen molar-refractivity contribution in [2.24, 2.45) is 0 Å². The highest BCUT2D eigenvalue weighted by atomic mass is 16.5. The molecule has 0 saturated carbocycles. The van der Waals surface area contributed by atoms with Gasteiger partial charge in [-0.25, -0.2) is 4.79 Å². The van der Waals surface area contributed by atoms with Gasteiger partial charge in [0.25, 0.3) is 5.91 Å². The Bertz CT molecular complexity index is 671. The van der Waals surface area contributed by atoms with E-state index in [0.717, 1.165) is 12.0 Å². The first-order chi connectivity index (χ1) is 11.2. The second-order valence-electron chi connectivity index (χ2n) is 5.16. The van der Waals surface area contributed by atoms with Gasteiger partial charge in [0, 0.05) is 31.0 Å². The minimum atomic E-state index is -0.450. The number of pyridine rings is 1. The molecule has 1 amide bonds. The van der Waals surface area contributed by atoms with Crippen molar-refractivity contribution in [3.63, 3.8) is 0 Å². The van der Waals surface area contributed by atoms with E-state index in [9.17, 15) is 9.59 Å². The Morgan fingerprint density at radius 2 is 1.96 bits per heavy atom. The Morgan fingerprint density at radius 3 is 2.61 bits per heavy atom. The predicted molar refractivity (Wildman–Crippen MR) is 87.1 cm³/mol. The van der Waals surface area contributed by atoms with Crippen LogP contribution >= 0.6 is 0 Å². The maximum Gasteiger partial charge on any atom is 0.337 e. The monoisotopic (exact) mass is 312 g/mol. The number of aromatic nitrogens is 1. The summed E-state index contributed by atoms with van der Waals surface area (Å²) >= 11 is 0. The second-order valence-corrected chi connectivity index (χ2v) is 5.16. The SMILES string of the molecule is CCCN(Cc1cccnc1)C(=O)c1cccc(C(=O)OC)c1. The van der Waals surface area contributed by atoms with Crippen LogP contribution in [0.25, 0.3) is 0 Å². The van der Waals surface area contributed by atoms with Gasteiger partial charge in [0.2, 0.25) is 0 Å². The van der Waals surface area contributed by atoms with Crippen LogP contribution in [0.15, 0.2) is 48.8 Å². The molecule has 120 valence electrons. The molecule has 1 aromatic heterocycles. The zero-order valence-corrected chi connectivity index (χ0v) is 13.4. The number of hydrogen-bond acceptors (Lipinski definition) is 4. The molecule has 0 radical (unpaired) electrons. The van der Waals surface area contributed by atoms with Crippen LogP contribution < -0.4 is 0 Å². The van der Waals surface area contributed by atoms with Gasteiger partial charge in [0.05, 0.1) is 12.7 Å². The molecule has 0 aliphatic rings. The number of nitrogens with zero attached hydrogens (tertiary/aromatic N) is 2. The molecule has 1 aromatic carbocycles. The van der Waals surface area contributed by atoms with E-state index in [1.165, 1.54) is 7.11 Å². The molecule has 0 unspecified atom stereocenters. The summed E-state index contributed by atoms with van der Waals surface area (Å²) < 4.78 is 4.70. The van der Waals surface area contributed by atoms with Crippen LogP contribution in [0.4, 0.5) is 0 Å². The highest BCUT2D eigenvalue weighted by molar-refractivity contribution is 5.97. The van der Waals surface area contributed by atoms with Gasteiger partial charge < -0.3 is 9.64 Å². The number of carbonyl (C=O) groups excluding carboxylic acids is 2. The lowest BCUT2D eigenvalue weighted by atomic mass is 10.1. The second kappa shape index (κ2) is 8.08. The van der Waals surface area contributed by atoms with Gasteiger partial charge in [-0.2, -0.15) is 0 Å². The van der Waals surface area contributed by atoms with Crippen molar-refractivity contribution < 1.29 is 14.3 Å².